The second kappa shape index (κ2) is 5.41. The van der Waals surface area contributed by atoms with E-state index in [9.17, 15) is 0 Å². The zero-order chi connectivity index (χ0) is 13.9. The maximum atomic E-state index is 6.23. The Morgan fingerprint density at radius 1 is 1.30 bits per heavy atom. The average molecular weight is 269 g/mol. The van der Waals surface area contributed by atoms with E-state index < -0.39 is 0 Å². The lowest BCUT2D eigenvalue weighted by molar-refractivity contribution is 0.417. The Balaban J connectivity index is 1.97. The monoisotopic (exact) mass is 269 g/mol. The molecule has 2 N–H and O–H groups in total. The quantitative estimate of drug-likeness (QED) is 0.870. The molecule has 0 bridgehead atoms. The van der Waals surface area contributed by atoms with E-state index in [0.29, 0.717) is 11.7 Å². The van der Waals surface area contributed by atoms with Crippen LogP contribution >= 0.6 is 0 Å². The topological polar surface area (TPSA) is 51.4 Å². The van der Waals surface area contributed by atoms with Crippen LogP contribution < -0.4 is 15.4 Å². The lowest BCUT2D eigenvalue weighted by Crippen LogP contribution is -2.23. The number of methoxy groups -OCH3 is 1. The number of nitrogen functional groups attached to an aromatic ring is 1. The number of rotatable bonds is 3. The van der Waals surface area contributed by atoms with Crippen LogP contribution in [0.3, 0.4) is 0 Å². The predicted molar refractivity (Wildman–Crippen MR) is 81.0 cm³/mol. The van der Waals surface area contributed by atoms with Crippen molar-refractivity contribution in [1.82, 2.24) is 4.98 Å². The van der Waals surface area contributed by atoms with Gasteiger partial charge in [-0.25, -0.2) is 0 Å². The molecule has 1 aliphatic rings. The molecule has 1 aliphatic heterocycles. The molecule has 1 atom stereocenters. The fourth-order valence-electron chi connectivity index (χ4n) is 2.94. The molecule has 4 heteroatoms. The first kappa shape index (κ1) is 12.8. The van der Waals surface area contributed by atoms with Crippen LogP contribution in [0.15, 0.2) is 42.7 Å². The molecule has 3 rings (SSSR count). The van der Waals surface area contributed by atoms with Crippen LogP contribution in [0.25, 0.3) is 0 Å². The zero-order valence-electron chi connectivity index (χ0n) is 11.6. The van der Waals surface area contributed by atoms with E-state index >= 15 is 0 Å². The molecule has 0 radical (unpaired) electrons. The Morgan fingerprint density at radius 2 is 2.20 bits per heavy atom. The third-order valence-electron chi connectivity index (χ3n) is 3.89. The summed E-state index contributed by atoms with van der Waals surface area (Å²) in [6, 6.07) is 10.4. The molecule has 0 amide bonds. The van der Waals surface area contributed by atoms with Gasteiger partial charge in [0.05, 0.1) is 24.5 Å². The van der Waals surface area contributed by atoms with Gasteiger partial charge in [0.15, 0.2) is 0 Å². The minimum atomic E-state index is 0.345. The minimum Gasteiger partial charge on any atom is -0.495 e. The fraction of sp³-hybridized carbons (Fsp3) is 0.312. The molecule has 4 nitrogen and oxygen atoms in total. The van der Waals surface area contributed by atoms with Crippen molar-refractivity contribution in [3.8, 4) is 5.75 Å². The molecule has 0 spiro atoms. The molecule has 1 aromatic carbocycles. The number of hydrogen-bond donors (Lipinski definition) is 1. The number of nitrogens with two attached hydrogens (primary N) is 1. The Bertz CT molecular complexity index is 586. The second-order valence-corrected chi connectivity index (χ2v) is 5.03. The summed E-state index contributed by atoms with van der Waals surface area (Å²) >= 11 is 0. The number of nitrogens with zero attached hydrogens (tertiary/aromatic N) is 2. The molecular formula is C16H19N3O. The summed E-state index contributed by atoms with van der Waals surface area (Å²) in [5.41, 5.74) is 9.24. The Labute approximate surface area is 119 Å². The molecule has 0 aliphatic carbocycles. The van der Waals surface area contributed by atoms with Crippen LogP contribution in [0, 0.1) is 0 Å². The second-order valence-electron chi connectivity index (χ2n) is 5.03. The number of pyridine rings is 1. The summed E-state index contributed by atoms with van der Waals surface area (Å²) in [6.45, 7) is 1.01. The summed E-state index contributed by atoms with van der Waals surface area (Å²) in [6.07, 6.45) is 6.04. The normalized spacial score (nSPS) is 18.2. The fourth-order valence-corrected chi connectivity index (χ4v) is 2.94. The maximum absolute atomic E-state index is 6.23. The van der Waals surface area contributed by atoms with Crippen LogP contribution in [-0.4, -0.2) is 18.6 Å². The van der Waals surface area contributed by atoms with Gasteiger partial charge < -0.3 is 15.4 Å². The maximum Gasteiger partial charge on any atom is 0.143 e. The van der Waals surface area contributed by atoms with Crippen molar-refractivity contribution in [2.24, 2.45) is 0 Å². The van der Waals surface area contributed by atoms with Crippen molar-refractivity contribution in [2.75, 3.05) is 24.3 Å². The van der Waals surface area contributed by atoms with E-state index in [2.05, 4.69) is 22.0 Å². The molecule has 20 heavy (non-hydrogen) atoms. The van der Waals surface area contributed by atoms with Gasteiger partial charge >= 0.3 is 0 Å². The van der Waals surface area contributed by atoms with Crippen LogP contribution in [0.4, 0.5) is 11.4 Å². The van der Waals surface area contributed by atoms with Crippen molar-refractivity contribution in [1.29, 1.82) is 0 Å². The predicted octanol–water partition coefficient (Wildman–Crippen LogP) is 3.01. The molecule has 1 saturated heterocycles. The molecular weight excluding hydrogens is 250 g/mol. The van der Waals surface area contributed by atoms with E-state index in [1.807, 2.05) is 30.6 Å². The Kier molecular flexibility index (Phi) is 3.46. The third-order valence-corrected chi connectivity index (χ3v) is 3.89. The standard InChI is InChI=1S/C16H19N3O/c1-20-15-8-2-6-14(16(15)17)19-10-4-7-13(19)12-5-3-9-18-11-12/h2-3,5-6,8-9,11,13H,4,7,10,17H2,1H3. The van der Waals surface area contributed by atoms with Gasteiger partial charge in [-0.05, 0) is 36.6 Å². The molecule has 1 fully saturated rings. The van der Waals surface area contributed by atoms with Gasteiger partial charge in [-0.1, -0.05) is 12.1 Å². The van der Waals surface area contributed by atoms with E-state index in [-0.39, 0.29) is 0 Å². The van der Waals surface area contributed by atoms with Crippen molar-refractivity contribution in [2.45, 2.75) is 18.9 Å². The first-order valence-corrected chi connectivity index (χ1v) is 6.90. The minimum absolute atomic E-state index is 0.345. The van der Waals surface area contributed by atoms with Crippen LogP contribution in [0.2, 0.25) is 0 Å². The number of ether oxygens (including phenoxy) is 1. The largest absolute Gasteiger partial charge is 0.495 e. The highest BCUT2D eigenvalue weighted by molar-refractivity contribution is 5.75. The SMILES string of the molecule is COc1cccc(N2CCCC2c2cccnc2)c1N. The van der Waals surface area contributed by atoms with Crippen molar-refractivity contribution in [3.05, 3.63) is 48.3 Å². The highest BCUT2D eigenvalue weighted by atomic mass is 16.5. The van der Waals surface area contributed by atoms with Gasteiger partial charge in [-0.3, -0.25) is 4.98 Å². The van der Waals surface area contributed by atoms with Gasteiger partial charge in [-0.15, -0.1) is 0 Å². The van der Waals surface area contributed by atoms with Crippen LogP contribution in [-0.2, 0) is 0 Å². The molecule has 0 saturated carbocycles. The van der Waals surface area contributed by atoms with Gasteiger partial charge in [0.2, 0.25) is 0 Å². The number of anilines is 2. The van der Waals surface area contributed by atoms with Gasteiger partial charge in [0.1, 0.15) is 5.75 Å². The summed E-state index contributed by atoms with van der Waals surface area (Å²) in [7, 11) is 1.65. The third kappa shape index (κ3) is 2.18. The van der Waals surface area contributed by atoms with Gasteiger partial charge in [0.25, 0.3) is 0 Å². The van der Waals surface area contributed by atoms with Crippen molar-refractivity contribution < 1.29 is 4.74 Å². The van der Waals surface area contributed by atoms with Crippen molar-refractivity contribution in [3.63, 3.8) is 0 Å². The summed E-state index contributed by atoms with van der Waals surface area (Å²) in [5.74, 6) is 0.735. The van der Waals surface area contributed by atoms with E-state index in [1.54, 1.807) is 7.11 Å². The molecule has 2 heterocycles. The molecule has 1 unspecified atom stereocenters. The highest BCUT2D eigenvalue weighted by Crippen LogP contribution is 2.41. The van der Waals surface area contributed by atoms with Crippen molar-refractivity contribution >= 4 is 11.4 Å². The molecule has 1 aromatic heterocycles. The van der Waals surface area contributed by atoms with Gasteiger partial charge in [-0.2, -0.15) is 0 Å². The highest BCUT2D eigenvalue weighted by Gasteiger charge is 2.28. The lowest BCUT2D eigenvalue weighted by atomic mass is 10.1. The number of hydrogen-bond acceptors (Lipinski definition) is 4. The average Bonchev–Trinajstić information content (AvgIpc) is 2.97. The lowest BCUT2D eigenvalue weighted by Gasteiger charge is -2.28. The smallest absolute Gasteiger partial charge is 0.143 e. The van der Waals surface area contributed by atoms with Gasteiger partial charge in [0, 0.05) is 18.9 Å². The number of para-hydroxylation sites is 1. The first-order chi connectivity index (χ1) is 9.81. The number of aromatic nitrogens is 1. The summed E-state index contributed by atoms with van der Waals surface area (Å²) in [5, 5.41) is 0. The zero-order valence-corrected chi connectivity index (χ0v) is 11.6. The van der Waals surface area contributed by atoms with E-state index in [0.717, 1.165) is 30.8 Å². The Morgan fingerprint density at radius 3 is 2.95 bits per heavy atom. The Hall–Kier alpha value is -2.23. The summed E-state index contributed by atoms with van der Waals surface area (Å²) in [4.78, 5) is 6.59. The number of benzene rings is 1. The van der Waals surface area contributed by atoms with Crippen LogP contribution in [0.1, 0.15) is 24.4 Å². The first-order valence-electron chi connectivity index (χ1n) is 6.90. The molecule has 104 valence electrons. The van der Waals surface area contributed by atoms with Crippen LogP contribution in [0.5, 0.6) is 5.75 Å². The van der Waals surface area contributed by atoms with E-state index in [4.69, 9.17) is 10.5 Å². The molecule has 2 aromatic rings. The summed E-state index contributed by atoms with van der Waals surface area (Å²) < 4.78 is 5.32. The van der Waals surface area contributed by atoms with E-state index in [1.165, 1.54) is 5.56 Å².